The standard InChI is InChI=1S/C9H16N2O/c1-7(8(2)12)4-9-5-10-6-11(9)3/h5,7,10H,4,6H2,1-3H3. The van der Waals surface area contributed by atoms with Crippen LogP contribution in [0, 0.1) is 5.92 Å². The second-order valence-electron chi connectivity index (χ2n) is 3.41. The molecule has 0 saturated carbocycles. The minimum absolute atomic E-state index is 0.138. The summed E-state index contributed by atoms with van der Waals surface area (Å²) in [5.74, 6) is 0.398. The van der Waals surface area contributed by atoms with Gasteiger partial charge in [-0.25, -0.2) is 0 Å². The highest BCUT2D eigenvalue weighted by Gasteiger charge is 2.15. The van der Waals surface area contributed by atoms with E-state index in [-0.39, 0.29) is 11.7 Å². The maximum absolute atomic E-state index is 11.0. The molecule has 1 unspecified atom stereocenters. The predicted molar refractivity (Wildman–Crippen MR) is 48.3 cm³/mol. The van der Waals surface area contributed by atoms with Gasteiger partial charge in [0, 0.05) is 24.9 Å². The molecule has 0 radical (unpaired) electrons. The Labute approximate surface area is 73.4 Å². The lowest BCUT2D eigenvalue weighted by Crippen LogP contribution is -2.20. The number of Topliss-reactive ketones (excluding diaryl/α,β-unsaturated/α-hetero) is 1. The molecule has 68 valence electrons. The van der Waals surface area contributed by atoms with Gasteiger partial charge in [0.05, 0.1) is 6.67 Å². The Morgan fingerprint density at radius 2 is 2.50 bits per heavy atom. The van der Waals surface area contributed by atoms with Crippen LogP contribution in [-0.4, -0.2) is 24.4 Å². The van der Waals surface area contributed by atoms with E-state index in [0.29, 0.717) is 0 Å². The molecular weight excluding hydrogens is 152 g/mol. The van der Waals surface area contributed by atoms with Gasteiger partial charge in [-0.3, -0.25) is 4.79 Å². The van der Waals surface area contributed by atoms with Crippen molar-refractivity contribution in [1.82, 2.24) is 10.2 Å². The number of nitrogens with zero attached hydrogens (tertiary/aromatic N) is 1. The quantitative estimate of drug-likeness (QED) is 0.680. The van der Waals surface area contributed by atoms with Gasteiger partial charge >= 0.3 is 0 Å². The highest BCUT2D eigenvalue weighted by molar-refractivity contribution is 5.78. The summed E-state index contributed by atoms with van der Waals surface area (Å²) in [6.45, 7) is 4.48. The van der Waals surface area contributed by atoms with Gasteiger partial charge in [-0.15, -0.1) is 0 Å². The van der Waals surface area contributed by atoms with Crippen LogP contribution >= 0.6 is 0 Å². The van der Waals surface area contributed by atoms with Crippen molar-refractivity contribution in [3.05, 3.63) is 11.9 Å². The smallest absolute Gasteiger partial charge is 0.133 e. The van der Waals surface area contributed by atoms with Gasteiger partial charge in [0.2, 0.25) is 0 Å². The van der Waals surface area contributed by atoms with Crippen LogP contribution in [0.1, 0.15) is 20.3 Å². The van der Waals surface area contributed by atoms with Gasteiger partial charge in [0.15, 0.2) is 0 Å². The normalized spacial score (nSPS) is 18.6. The first-order chi connectivity index (χ1) is 5.61. The van der Waals surface area contributed by atoms with Crippen LogP contribution < -0.4 is 5.32 Å². The molecular formula is C9H16N2O. The topological polar surface area (TPSA) is 32.3 Å². The second kappa shape index (κ2) is 3.61. The van der Waals surface area contributed by atoms with Crippen LogP contribution in [-0.2, 0) is 4.79 Å². The van der Waals surface area contributed by atoms with Gasteiger partial charge < -0.3 is 10.2 Å². The average Bonchev–Trinajstić information content (AvgIpc) is 2.36. The molecule has 1 aliphatic heterocycles. The van der Waals surface area contributed by atoms with E-state index >= 15 is 0 Å². The summed E-state index contributed by atoms with van der Waals surface area (Å²) in [6, 6.07) is 0. The van der Waals surface area contributed by atoms with Gasteiger partial charge in [0.1, 0.15) is 5.78 Å². The number of hydrogen-bond acceptors (Lipinski definition) is 3. The first-order valence-electron chi connectivity index (χ1n) is 4.25. The third kappa shape index (κ3) is 2.00. The van der Waals surface area contributed by atoms with Crippen molar-refractivity contribution < 1.29 is 4.79 Å². The highest BCUT2D eigenvalue weighted by atomic mass is 16.1. The molecule has 0 aliphatic carbocycles. The molecule has 1 aliphatic rings. The number of ketones is 1. The molecule has 0 aromatic carbocycles. The number of allylic oxidation sites excluding steroid dienone is 1. The molecule has 1 heterocycles. The number of carbonyl (C=O) groups excluding carboxylic acids is 1. The van der Waals surface area contributed by atoms with Crippen LogP contribution in [0.4, 0.5) is 0 Å². The molecule has 0 spiro atoms. The molecule has 0 bridgehead atoms. The molecule has 0 aromatic rings. The molecule has 3 heteroatoms. The number of hydrogen-bond donors (Lipinski definition) is 1. The minimum Gasteiger partial charge on any atom is -0.372 e. The Morgan fingerprint density at radius 1 is 1.83 bits per heavy atom. The molecule has 12 heavy (non-hydrogen) atoms. The first kappa shape index (κ1) is 9.10. The first-order valence-corrected chi connectivity index (χ1v) is 4.25. The highest BCUT2D eigenvalue weighted by Crippen LogP contribution is 2.16. The molecule has 1 atom stereocenters. The van der Waals surface area contributed by atoms with Crippen LogP contribution in [0.2, 0.25) is 0 Å². The SMILES string of the molecule is CC(=O)C(C)CC1=CNCN1C. The zero-order chi connectivity index (χ0) is 9.14. The molecule has 0 amide bonds. The summed E-state index contributed by atoms with van der Waals surface area (Å²) >= 11 is 0. The molecule has 0 saturated heterocycles. The van der Waals surface area contributed by atoms with Crippen molar-refractivity contribution in [1.29, 1.82) is 0 Å². The Bertz CT molecular complexity index is 211. The van der Waals surface area contributed by atoms with Gasteiger partial charge in [-0.1, -0.05) is 6.92 Å². The monoisotopic (exact) mass is 168 g/mol. The minimum atomic E-state index is 0.138. The van der Waals surface area contributed by atoms with Crippen LogP contribution in [0.5, 0.6) is 0 Å². The molecule has 0 aromatic heterocycles. The lowest BCUT2D eigenvalue weighted by atomic mass is 10.0. The maximum Gasteiger partial charge on any atom is 0.133 e. The van der Waals surface area contributed by atoms with Gasteiger partial charge in [0.25, 0.3) is 0 Å². The third-order valence-electron chi connectivity index (χ3n) is 2.30. The molecule has 1 rings (SSSR count). The van der Waals surface area contributed by atoms with Crippen molar-refractivity contribution in [2.24, 2.45) is 5.92 Å². The summed E-state index contributed by atoms with van der Waals surface area (Å²) in [5, 5.41) is 3.12. The van der Waals surface area contributed by atoms with Gasteiger partial charge in [-0.2, -0.15) is 0 Å². The second-order valence-corrected chi connectivity index (χ2v) is 3.41. The summed E-state index contributed by atoms with van der Waals surface area (Å²) in [4.78, 5) is 13.1. The number of rotatable bonds is 3. The fourth-order valence-corrected chi connectivity index (χ4v) is 1.18. The maximum atomic E-state index is 11.0. The summed E-state index contributed by atoms with van der Waals surface area (Å²) in [7, 11) is 2.03. The Morgan fingerprint density at radius 3 is 2.92 bits per heavy atom. The summed E-state index contributed by atoms with van der Waals surface area (Å²) in [6.07, 6.45) is 2.83. The van der Waals surface area contributed by atoms with E-state index in [0.717, 1.165) is 13.1 Å². The average molecular weight is 168 g/mol. The number of carbonyl (C=O) groups is 1. The predicted octanol–water partition coefficient (Wildman–Crippen LogP) is 0.935. The Balaban J connectivity index is 2.45. The van der Waals surface area contributed by atoms with Gasteiger partial charge in [-0.05, 0) is 13.3 Å². The van der Waals surface area contributed by atoms with Crippen molar-refractivity contribution in [2.45, 2.75) is 20.3 Å². The summed E-state index contributed by atoms with van der Waals surface area (Å²) < 4.78 is 0. The zero-order valence-electron chi connectivity index (χ0n) is 7.92. The molecule has 0 fully saturated rings. The van der Waals surface area contributed by atoms with E-state index in [2.05, 4.69) is 10.2 Å². The lowest BCUT2D eigenvalue weighted by Gasteiger charge is -2.16. The van der Waals surface area contributed by atoms with E-state index < -0.39 is 0 Å². The Kier molecular flexibility index (Phi) is 2.74. The van der Waals surface area contributed by atoms with Crippen molar-refractivity contribution in [2.75, 3.05) is 13.7 Å². The van der Waals surface area contributed by atoms with E-state index in [1.165, 1.54) is 5.70 Å². The van der Waals surface area contributed by atoms with Crippen molar-refractivity contribution in [3.63, 3.8) is 0 Å². The molecule has 3 nitrogen and oxygen atoms in total. The van der Waals surface area contributed by atoms with Crippen LogP contribution in [0.3, 0.4) is 0 Å². The Hall–Kier alpha value is -0.990. The van der Waals surface area contributed by atoms with Crippen LogP contribution in [0.15, 0.2) is 11.9 Å². The van der Waals surface area contributed by atoms with E-state index in [9.17, 15) is 4.79 Å². The molecule has 1 N–H and O–H groups in total. The largest absolute Gasteiger partial charge is 0.372 e. The lowest BCUT2D eigenvalue weighted by molar-refractivity contribution is -0.120. The number of nitrogens with one attached hydrogen (secondary N) is 1. The van der Waals surface area contributed by atoms with E-state index in [4.69, 9.17) is 0 Å². The zero-order valence-corrected chi connectivity index (χ0v) is 7.92. The van der Waals surface area contributed by atoms with Crippen molar-refractivity contribution in [3.8, 4) is 0 Å². The fourth-order valence-electron chi connectivity index (χ4n) is 1.18. The fraction of sp³-hybridized carbons (Fsp3) is 0.667. The van der Waals surface area contributed by atoms with Crippen molar-refractivity contribution >= 4 is 5.78 Å². The summed E-state index contributed by atoms with van der Waals surface area (Å²) in [5.41, 5.74) is 1.22. The third-order valence-corrected chi connectivity index (χ3v) is 2.30. The van der Waals surface area contributed by atoms with Crippen LogP contribution in [0.25, 0.3) is 0 Å². The van der Waals surface area contributed by atoms with E-state index in [1.807, 2.05) is 20.2 Å². The van der Waals surface area contributed by atoms with E-state index in [1.54, 1.807) is 6.92 Å².